The predicted molar refractivity (Wildman–Crippen MR) is 116 cm³/mol. The first-order valence-corrected chi connectivity index (χ1v) is 12.2. The van der Waals surface area contributed by atoms with Crippen LogP contribution in [0.4, 0.5) is 10.5 Å². The van der Waals surface area contributed by atoms with E-state index >= 15 is 0 Å². The summed E-state index contributed by atoms with van der Waals surface area (Å²) in [6, 6.07) is 1.57. The van der Waals surface area contributed by atoms with E-state index in [0.717, 1.165) is 48.9 Å². The van der Waals surface area contributed by atoms with Crippen LogP contribution in [0.5, 0.6) is 5.88 Å². The molecule has 3 N–H and O–H groups in total. The van der Waals surface area contributed by atoms with Crippen LogP contribution in [0.1, 0.15) is 54.0 Å². The molecule has 0 saturated heterocycles. The van der Waals surface area contributed by atoms with Gasteiger partial charge in [0.1, 0.15) is 11.5 Å². The van der Waals surface area contributed by atoms with Crippen molar-refractivity contribution >= 4 is 21.6 Å². The summed E-state index contributed by atoms with van der Waals surface area (Å²) < 4.78 is 29.6. The number of aromatic nitrogens is 2. The third kappa shape index (κ3) is 3.42. The van der Waals surface area contributed by atoms with Gasteiger partial charge in [0.05, 0.1) is 18.8 Å². The van der Waals surface area contributed by atoms with Crippen LogP contribution >= 0.6 is 0 Å². The fraction of sp³-hybridized carbons (Fsp3) is 0.524. The fourth-order valence-electron chi connectivity index (χ4n) is 5.04. The highest BCUT2D eigenvalue weighted by Crippen LogP contribution is 2.44. The number of hydrogen-bond acceptors (Lipinski definition) is 5. The van der Waals surface area contributed by atoms with Crippen LogP contribution in [0.15, 0.2) is 21.5 Å². The second-order valence-electron chi connectivity index (χ2n) is 8.52. The van der Waals surface area contributed by atoms with E-state index in [1.54, 1.807) is 11.8 Å². The summed E-state index contributed by atoms with van der Waals surface area (Å²) in [7, 11) is -1.82. The van der Waals surface area contributed by atoms with E-state index in [1.165, 1.54) is 17.3 Å². The number of carbonyl (C=O) groups excluding carboxylic acids is 1. The molecule has 3 atom stereocenters. The van der Waals surface area contributed by atoms with Crippen LogP contribution in [0.3, 0.4) is 0 Å². The average Bonchev–Trinajstić information content (AvgIpc) is 3.47. The molecule has 0 bridgehead atoms. The molecule has 2 aromatic rings. The number of nitrogens with one attached hydrogen (secondary N) is 1. The first-order valence-electron chi connectivity index (χ1n) is 10.6. The molecule has 1 aromatic carbocycles. The molecule has 3 aliphatic rings. The second kappa shape index (κ2) is 7.61. The van der Waals surface area contributed by atoms with Gasteiger partial charge in [0, 0.05) is 18.7 Å². The Morgan fingerprint density at radius 2 is 2.26 bits per heavy atom. The van der Waals surface area contributed by atoms with E-state index in [4.69, 9.17) is 14.6 Å². The first kappa shape index (κ1) is 20.5. The first-order chi connectivity index (χ1) is 14.9. The van der Waals surface area contributed by atoms with E-state index in [1.807, 2.05) is 6.92 Å². The van der Waals surface area contributed by atoms with Crippen molar-refractivity contribution in [2.45, 2.75) is 55.9 Å². The molecule has 9 nitrogen and oxygen atoms in total. The smallest absolute Gasteiger partial charge is 0.354 e. The molecule has 0 spiro atoms. The van der Waals surface area contributed by atoms with Crippen molar-refractivity contribution < 1.29 is 18.5 Å². The molecular weight excluding hydrogens is 418 g/mol. The highest BCUT2D eigenvalue weighted by molar-refractivity contribution is 7.91. The number of benzene rings is 1. The Bertz CT molecular complexity index is 1180. The number of anilines is 1. The van der Waals surface area contributed by atoms with Crippen molar-refractivity contribution in [3.63, 3.8) is 0 Å². The van der Waals surface area contributed by atoms with Crippen molar-refractivity contribution in [1.29, 1.82) is 0 Å². The van der Waals surface area contributed by atoms with Crippen LogP contribution in [0.25, 0.3) is 0 Å². The number of aryl methyl sites for hydroxylation is 2. The molecule has 1 aromatic heterocycles. The van der Waals surface area contributed by atoms with E-state index in [2.05, 4.69) is 20.8 Å². The third-order valence-corrected chi connectivity index (χ3v) is 7.77. The van der Waals surface area contributed by atoms with Gasteiger partial charge in [0.15, 0.2) is 9.92 Å². The number of nitrogens with two attached hydrogens (primary N) is 1. The van der Waals surface area contributed by atoms with Crippen LogP contribution in [-0.4, -0.2) is 40.3 Å². The maximum Gasteiger partial charge on any atom is 0.354 e. The molecule has 0 saturated carbocycles. The molecule has 1 aliphatic heterocycles. The molecule has 31 heavy (non-hydrogen) atoms. The van der Waals surface area contributed by atoms with Gasteiger partial charge in [0.2, 0.25) is 5.88 Å². The van der Waals surface area contributed by atoms with E-state index in [-0.39, 0.29) is 16.9 Å². The number of amides is 2. The normalized spacial score (nSPS) is 22.9. The summed E-state index contributed by atoms with van der Waals surface area (Å²) in [6.07, 6.45) is 6.28. The van der Waals surface area contributed by atoms with Crippen molar-refractivity contribution in [2.24, 2.45) is 9.50 Å². The summed E-state index contributed by atoms with van der Waals surface area (Å²) in [6.45, 7) is 2.95. The zero-order chi connectivity index (χ0) is 21.8. The van der Waals surface area contributed by atoms with Crippen molar-refractivity contribution in [3.8, 4) is 5.88 Å². The molecule has 0 fully saturated rings. The van der Waals surface area contributed by atoms with Gasteiger partial charge in [-0.15, -0.1) is 4.36 Å². The number of nitrogens with zero attached hydrogens (tertiary/aromatic N) is 3. The Balaban J connectivity index is 1.50. The molecule has 2 aliphatic carbocycles. The van der Waals surface area contributed by atoms with Gasteiger partial charge in [-0.2, -0.15) is 5.10 Å². The number of urea groups is 1. The van der Waals surface area contributed by atoms with Gasteiger partial charge in [0.25, 0.3) is 0 Å². The summed E-state index contributed by atoms with van der Waals surface area (Å²) in [5.41, 5.74) is 5.61. The summed E-state index contributed by atoms with van der Waals surface area (Å²) >= 11 is 0. The highest BCUT2D eigenvalue weighted by Gasteiger charge is 2.32. The van der Waals surface area contributed by atoms with Gasteiger partial charge >= 0.3 is 6.03 Å². The second-order valence-corrected chi connectivity index (χ2v) is 10.3. The average molecular weight is 446 g/mol. The lowest BCUT2D eigenvalue weighted by atomic mass is 9.94. The SMILES string of the molecule is COC[C@@H]1CCc2cc3c(c(NC(=O)N=S(N)(=O)c4cnn5c4OCC5C)c21)CCC3. The molecule has 166 valence electrons. The van der Waals surface area contributed by atoms with Crippen LogP contribution < -0.4 is 15.2 Å². The zero-order valence-electron chi connectivity index (χ0n) is 17.7. The Morgan fingerprint density at radius 1 is 1.42 bits per heavy atom. The van der Waals surface area contributed by atoms with Gasteiger partial charge in [-0.3, -0.25) is 0 Å². The quantitative estimate of drug-likeness (QED) is 0.749. The fourth-order valence-corrected chi connectivity index (χ4v) is 6.03. The predicted octanol–water partition coefficient (Wildman–Crippen LogP) is 2.93. The maximum absolute atomic E-state index is 13.1. The standard InChI is InChI=1S/C21H27N5O4S/c1-12-10-30-20-17(9-23-26(12)20)31(22,28)25-21(27)24-19-16-5-3-4-13(16)8-14-6-7-15(11-29-2)18(14)19/h8-9,12,15H,3-7,10-11H2,1-2H3,(H3,22,24,25,27,28)/t12?,15-,31?/m0/s1. The van der Waals surface area contributed by atoms with Gasteiger partial charge in [-0.1, -0.05) is 6.07 Å². The van der Waals surface area contributed by atoms with Crippen molar-refractivity contribution in [2.75, 3.05) is 25.6 Å². The molecule has 2 amide bonds. The zero-order valence-corrected chi connectivity index (χ0v) is 18.5. The molecular formula is C21H27N5O4S. The number of carbonyl (C=O) groups is 1. The summed E-state index contributed by atoms with van der Waals surface area (Å²) in [4.78, 5) is 13.1. The number of fused-ring (bicyclic) bond motifs is 3. The molecule has 2 heterocycles. The minimum atomic E-state index is -3.51. The number of ether oxygens (including phenoxy) is 2. The topological polar surface area (TPSA) is 121 Å². The van der Waals surface area contributed by atoms with Gasteiger partial charge in [-0.05, 0) is 61.3 Å². The third-order valence-electron chi connectivity index (χ3n) is 6.43. The van der Waals surface area contributed by atoms with Crippen LogP contribution in [-0.2, 0) is 33.9 Å². The lowest BCUT2D eigenvalue weighted by Gasteiger charge is -2.19. The molecule has 0 radical (unpaired) electrons. The lowest BCUT2D eigenvalue weighted by Crippen LogP contribution is -2.19. The van der Waals surface area contributed by atoms with Gasteiger partial charge < -0.3 is 14.8 Å². The largest absolute Gasteiger partial charge is 0.475 e. The monoisotopic (exact) mass is 445 g/mol. The minimum absolute atomic E-state index is 0.0139. The lowest BCUT2D eigenvalue weighted by molar-refractivity contribution is 0.179. The Labute approximate surface area is 181 Å². The summed E-state index contributed by atoms with van der Waals surface area (Å²) in [5, 5.41) is 13.1. The Morgan fingerprint density at radius 3 is 3.06 bits per heavy atom. The Hall–Kier alpha value is -2.43. The number of rotatable bonds is 4. The van der Waals surface area contributed by atoms with Crippen LogP contribution in [0.2, 0.25) is 0 Å². The van der Waals surface area contributed by atoms with Crippen molar-refractivity contribution in [1.82, 2.24) is 9.78 Å². The molecule has 2 unspecified atom stereocenters. The Kier molecular flexibility index (Phi) is 5.03. The molecule has 5 rings (SSSR count). The number of methoxy groups -OCH3 is 1. The van der Waals surface area contributed by atoms with E-state index in [9.17, 15) is 9.00 Å². The minimum Gasteiger partial charge on any atom is -0.475 e. The molecule has 10 heteroatoms. The summed E-state index contributed by atoms with van der Waals surface area (Å²) in [5.74, 6) is 0.537. The van der Waals surface area contributed by atoms with E-state index < -0.39 is 15.9 Å². The maximum atomic E-state index is 13.1. The van der Waals surface area contributed by atoms with Crippen LogP contribution in [0, 0.1) is 0 Å². The highest BCUT2D eigenvalue weighted by atomic mass is 32.2. The number of hydrogen-bond donors (Lipinski definition) is 2. The van der Waals surface area contributed by atoms with E-state index in [0.29, 0.717) is 19.1 Å². The van der Waals surface area contributed by atoms with Gasteiger partial charge in [-0.25, -0.2) is 18.8 Å². The van der Waals surface area contributed by atoms with Crippen molar-refractivity contribution in [3.05, 3.63) is 34.5 Å².